The van der Waals surface area contributed by atoms with Gasteiger partial charge in [0, 0.05) is 7.11 Å². The minimum absolute atomic E-state index is 0.112. The zero-order chi connectivity index (χ0) is 11.4. The Hall–Kier alpha value is -1.35. The molecule has 0 bridgehead atoms. The van der Waals surface area contributed by atoms with E-state index in [4.69, 9.17) is 10.2 Å². The van der Waals surface area contributed by atoms with E-state index in [2.05, 4.69) is 0 Å². The van der Waals surface area contributed by atoms with Crippen molar-refractivity contribution >= 4 is 5.97 Å². The number of aliphatic hydroxyl groups excluding tert-OH is 1. The summed E-state index contributed by atoms with van der Waals surface area (Å²) < 4.78 is 0. The van der Waals surface area contributed by atoms with Crippen molar-refractivity contribution in [1.82, 2.24) is 0 Å². The number of benzene rings is 1. The summed E-state index contributed by atoms with van der Waals surface area (Å²) in [5.41, 5.74) is 0.843. The van der Waals surface area contributed by atoms with Crippen molar-refractivity contribution in [2.75, 3.05) is 7.11 Å². The Morgan fingerprint density at radius 3 is 1.93 bits per heavy atom. The Labute approximate surface area is 85.0 Å². The first-order valence-electron chi connectivity index (χ1n) is 4.49. The molecule has 0 spiro atoms. The Kier molecular flexibility index (Phi) is 12.6. The van der Waals surface area contributed by atoms with E-state index in [-0.39, 0.29) is 6.42 Å². The van der Waals surface area contributed by atoms with Crippen molar-refractivity contribution in [1.29, 1.82) is 0 Å². The molecular weight excluding hydrogens is 180 g/mol. The van der Waals surface area contributed by atoms with E-state index in [1.807, 2.05) is 32.0 Å². The molecule has 0 aliphatic carbocycles. The summed E-state index contributed by atoms with van der Waals surface area (Å²) in [6, 6.07) is 9.13. The highest BCUT2D eigenvalue weighted by Crippen LogP contribution is 1.98. The van der Waals surface area contributed by atoms with Gasteiger partial charge in [-0.05, 0) is 5.56 Å². The van der Waals surface area contributed by atoms with Crippen LogP contribution in [0.4, 0.5) is 0 Å². The monoisotopic (exact) mass is 198 g/mol. The lowest BCUT2D eigenvalue weighted by atomic mass is 10.2. The largest absolute Gasteiger partial charge is 0.481 e. The molecule has 0 saturated carbocycles. The molecule has 3 nitrogen and oxygen atoms in total. The minimum atomic E-state index is -0.786. The van der Waals surface area contributed by atoms with E-state index in [1.54, 1.807) is 12.1 Å². The molecule has 0 aromatic heterocycles. The molecule has 1 aromatic carbocycles. The molecule has 0 atom stereocenters. The van der Waals surface area contributed by atoms with Crippen LogP contribution >= 0.6 is 0 Å². The van der Waals surface area contributed by atoms with E-state index in [9.17, 15) is 4.79 Å². The van der Waals surface area contributed by atoms with E-state index < -0.39 is 5.97 Å². The average Bonchev–Trinajstić information content (AvgIpc) is 2.24. The number of carboxylic acid groups (broad SMARTS) is 1. The second-order valence-corrected chi connectivity index (χ2v) is 2.06. The maximum Gasteiger partial charge on any atom is 0.307 e. The number of rotatable bonds is 2. The number of carbonyl (C=O) groups is 1. The molecule has 0 unspecified atom stereocenters. The van der Waals surface area contributed by atoms with Crippen molar-refractivity contribution in [3.05, 3.63) is 35.9 Å². The summed E-state index contributed by atoms with van der Waals surface area (Å²) in [5, 5.41) is 15.4. The summed E-state index contributed by atoms with van der Waals surface area (Å²) in [7, 11) is 1.00. The van der Waals surface area contributed by atoms with Gasteiger partial charge >= 0.3 is 5.97 Å². The quantitative estimate of drug-likeness (QED) is 0.763. The molecule has 1 aromatic rings. The van der Waals surface area contributed by atoms with Gasteiger partial charge in [-0.2, -0.15) is 0 Å². The van der Waals surface area contributed by atoms with Gasteiger partial charge < -0.3 is 10.2 Å². The minimum Gasteiger partial charge on any atom is -0.481 e. The number of aliphatic hydroxyl groups is 1. The van der Waals surface area contributed by atoms with Crippen LogP contribution in [-0.2, 0) is 11.2 Å². The number of hydrogen-bond acceptors (Lipinski definition) is 2. The number of aliphatic carboxylic acids is 1. The third-order valence-electron chi connectivity index (χ3n) is 1.20. The fourth-order valence-corrected chi connectivity index (χ4v) is 0.770. The summed E-state index contributed by atoms with van der Waals surface area (Å²) in [6.45, 7) is 4.00. The van der Waals surface area contributed by atoms with Gasteiger partial charge in [0.15, 0.2) is 0 Å². The van der Waals surface area contributed by atoms with Gasteiger partial charge in [-0.25, -0.2) is 0 Å². The molecule has 3 heteroatoms. The van der Waals surface area contributed by atoms with Crippen LogP contribution in [0.5, 0.6) is 0 Å². The zero-order valence-electron chi connectivity index (χ0n) is 8.90. The van der Waals surface area contributed by atoms with Crippen LogP contribution in [0.3, 0.4) is 0 Å². The van der Waals surface area contributed by atoms with E-state index in [0.29, 0.717) is 0 Å². The highest BCUT2D eigenvalue weighted by Gasteiger charge is 1.96. The number of hydrogen-bond donors (Lipinski definition) is 2. The van der Waals surface area contributed by atoms with Crippen LogP contribution in [0.25, 0.3) is 0 Å². The predicted molar refractivity (Wildman–Crippen MR) is 57.3 cm³/mol. The third kappa shape index (κ3) is 8.74. The first-order chi connectivity index (χ1) is 6.79. The van der Waals surface area contributed by atoms with Crippen molar-refractivity contribution in [2.45, 2.75) is 20.3 Å². The van der Waals surface area contributed by atoms with Gasteiger partial charge in [0.1, 0.15) is 0 Å². The summed E-state index contributed by atoms with van der Waals surface area (Å²) in [4.78, 5) is 10.2. The summed E-state index contributed by atoms with van der Waals surface area (Å²) in [5.74, 6) is -0.786. The van der Waals surface area contributed by atoms with E-state index in [0.717, 1.165) is 12.7 Å². The number of carboxylic acids is 1. The van der Waals surface area contributed by atoms with Crippen LogP contribution in [0, 0.1) is 0 Å². The predicted octanol–water partition coefficient (Wildman–Crippen LogP) is 1.95. The molecule has 0 saturated heterocycles. The fraction of sp³-hybridized carbons (Fsp3) is 0.364. The van der Waals surface area contributed by atoms with Crippen molar-refractivity contribution < 1.29 is 15.0 Å². The topological polar surface area (TPSA) is 57.5 Å². The lowest BCUT2D eigenvalue weighted by molar-refractivity contribution is -0.136. The van der Waals surface area contributed by atoms with Crippen LogP contribution in [0.2, 0.25) is 0 Å². The highest BCUT2D eigenvalue weighted by atomic mass is 16.4. The summed E-state index contributed by atoms with van der Waals surface area (Å²) in [6.07, 6.45) is 0.112. The lowest BCUT2D eigenvalue weighted by Crippen LogP contribution is -1.98. The standard InChI is InChI=1S/C8H8O2.C2H6.CH4O/c9-8(10)6-7-4-2-1-3-5-7;2*1-2/h1-5H,6H2,(H,9,10);1-2H3;2H,1H3. The van der Waals surface area contributed by atoms with Crippen LogP contribution in [0.1, 0.15) is 19.4 Å². The normalized spacial score (nSPS) is 7.43. The molecule has 80 valence electrons. The van der Waals surface area contributed by atoms with E-state index >= 15 is 0 Å². The molecule has 1 rings (SSSR count). The Bertz CT molecular complexity index is 219. The Balaban J connectivity index is 0. The maximum atomic E-state index is 10.2. The second-order valence-electron chi connectivity index (χ2n) is 2.06. The van der Waals surface area contributed by atoms with Crippen LogP contribution in [0.15, 0.2) is 30.3 Å². The molecule has 0 fully saturated rings. The highest BCUT2D eigenvalue weighted by molar-refractivity contribution is 5.70. The van der Waals surface area contributed by atoms with Crippen LogP contribution in [-0.4, -0.2) is 23.3 Å². The first-order valence-corrected chi connectivity index (χ1v) is 4.49. The van der Waals surface area contributed by atoms with Gasteiger partial charge in [-0.1, -0.05) is 44.2 Å². The molecule has 0 aliphatic heterocycles. The molecule has 0 radical (unpaired) electrons. The molecule has 2 N–H and O–H groups in total. The summed E-state index contributed by atoms with van der Waals surface area (Å²) >= 11 is 0. The Morgan fingerprint density at radius 2 is 1.57 bits per heavy atom. The average molecular weight is 198 g/mol. The van der Waals surface area contributed by atoms with Crippen molar-refractivity contribution in [2.24, 2.45) is 0 Å². The van der Waals surface area contributed by atoms with Gasteiger partial charge in [0.25, 0.3) is 0 Å². The molecule has 0 amide bonds. The Morgan fingerprint density at radius 1 is 1.14 bits per heavy atom. The molecule has 0 aliphatic rings. The van der Waals surface area contributed by atoms with Gasteiger partial charge in [0.05, 0.1) is 6.42 Å². The SMILES string of the molecule is CC.CO.O=C(O)Cc1ccccc1. The van der Waals surface area contributed by atoms with Gasteiger partial charge in [0.2, 0.25) is 0 Å². The molecular formula is C11H18O3. The zero-order valence-corrected chi connectivity index (χ0v) is 8.90. The van der Waals surface area contributed by atoms with Crippen molar-refractivity contribution in [3.63, 3.8) is 0 Å². The third-order valence-corrected chi connectivity index (χ3v) is 1.20. The smallest absolute Gasteiger partial charge is 0.307 e. The van der Waals surface area contributed by atoms with Gasteiger partial charge in [-0.15, -0.1) is 0 Å². The molecule has 0 heterocycles. The van der Waals surface area contributed by atoms with Crippen LogP contribution < -0.4 is 0 Å². The fourth-order valence-electron chi connectivity index (χ4n) is 0.770. The van der Waals surface area contributed by atoms with E-state index in [1.165, 1.54) is 0 Å². The maximum absolute atomic E-state index is 10.2. The second kappa shape index (κ2) is 11.6. The molecule has 14 heavy (non-hydrogen) atoms. The lowest BCUT2D eigenvalue weighted by Gasteiger charge is -1.92. The first kappa shape index (κ1) is 15.1. The van der Waals surface area contributed by atoms with Crippen molar-refractivity contribution in [3.8, 4) is 0 Å². The van der Waals surface area contributed by atoms with Gasteiger partial charge in [-0.3, -0.25) is 4.79 Å².